The number of aromatic nitrogens is 1. The molecule has 4 aromatic rings. The van der Waals surface area contributed by atoms with Crippen molar-refractivity contribution < 1.29 is 5.11 Å². The van der Waals surface area contributed by atoms with E-state index in [9.17, 15) is 5.11 Å². The van der Waals surface area contributed by atoms with Crippen LogP contribution in [0.15, 0.2) is 79.0 Å². The number of hydrogen-bond acceptors (Lipinski definition) is 2. The van der Waals surface area contributed by atoms with E-state index < -0.39 is 0 Å². The van der Waals surface area contributed by atoms with Crippen molar-refractivity contribution in [2.75, 3.05) is 0 Å². The van der Waals surface area contributed by atoms with Gasteiger partial charge in [-0.3, -0.25) is 4.98 Å². The van der Waals surface area contributed by atoms with Crippen molar-refractivity contribution in [2.24, 2.45) is 0 Å². The number of aryl methyl sites for hydroxylation is 1. The molecule has 4 rings (SSSR count). The Morgan fingerprint density at radius 1 is 0.750 bits per heavy atom. The van der Waals surface area contributed by atoms with Crippen molar-refractivity contribution in [3.63, 3.8) is 0 Å². The third-order valence-corrected chi connectivity index (χ3v) is 4.37. The number of aromatic hydroxyl groups is 1. The topological polar surface area (TPSA) is 33.1 Å². The molecule has 0 spiro atoms. The molecule has 1 N–H and O–H groups in total. The van der Waals surface area contributed by atoms with E-state index in [-0.39, 0.29) is 0 Å². The smallest absolute Gasteiger partial charge is 0.126 e. The van der Waals surface area contributed by atoms with Crippen molar-refractivity contribution in [3.05, 3.63) is 84.6 Å². The van der Waals surface area contributed by atoms with Crippen molar-refractivity contribution in [1.29, 1.82) is 0 Å². The van der Waals surface area contributed by atoms with E-state index in [0.717, 1.165) is 38.7 Å². The summed E-state index contributed by atoms with van der Waals surface area (Å²) in [4.78, 5) is 4.60. The van der Waals surface area contributed by atoms with E-state index in [1.54, 1.807) is 0 Å². The Morgan fingerprint density at radius 2 is 1.50 bits per heavy atom. The van der Waals surface area contributed by atoms with E-state index in [2.05, 4.69) is 23.2 Å². The first-order valence-electron chi connectivity index (χ1n) is 7.98. The Kier molecular flexibility index (Phi) is 3.51. The van der Waals surface area contributed by atoms with E-state index in [0.29, 0.717) is 5.75 Å². The molecule has 0 aliphatic carbocycles. The van der Waals surface area contributed by atoms with Gasteiger partial charge in [-0.1, -0.05) is 66.7 Å². The summed E-state index contributed by atoms with van der Waals surface area (Å²) in [6.07, 6.45) is 1.86. The van der Waals surface area contributed by atoms with Crippen molar-refractivity contribution in [3.8, 4) is 28.0 Å². The first kappa shape index (κ1) is 14.5. The Hall–Kier alpha value is -3.13. The van der Waals surface area contributed by atoms with Gasteiger partial charge >= 0.3 is 0 Å². The van der Waals surface area contributed by atoms with Crippen LogP contribution in [0.25, 0.3) is 33.2 Å². The normalized spacial score (nSPS) is 10.9. The van der Waals surface area contributed by atoms with Crippen molar-refractivity contribution >= 4 is 10.9 Å². The highest BCUT2D eigenvalue weighted by atomic mass is 16.3. The molecule has 0 radical (unpaired) electrons. The Labute approximate surface area is 141 Å². The molecule has 0 saturated heterocycles. The Bertz CT molecular complexity index is 1020. The van der Waals surface area contributed by atoms with Gasteiger partial charge in [0.2, 0.25) is 0 Å². The number of rotatable bonds is 2. The number of phenolic OH excluding ortho intramolecular Hbond substituents is 1. The highest BCUT2D eigenvalue weighted by Crippen LogP contribution is 2.41. The van der Waals surface area contributed by atoms with Gasteiger partial charge < -0.3 is 5.11 Å². The fraction of sp³-hybridized carbons (Fsp3) is 0.0455. The number of phenols is 1. The summed E-state index contributed by atoms with van der Waals surface area (Å²) in [6.45, 7) is 1.91. The largest absolute Gasteiger partial charge is 0.507 e. The number of fused-ring (bicyclic) bond motifs is 1. The van der Waals surface area contributed by atoms with Gasteiger partial charge in [-0.25, -0.2) is 0 Å². The molecule has 0 fully saturated rings. The third kappa shape index (κ3) is 2.33. The van der Waals surface area contributed by atoms with Crippen LogP contribution in [0.4, 0.5) is 0 Å². The summed E-state index contributed by atoms with van der Waals surface area (Å²) in [5.74, 6) is 0.312. The molecule has 1 aromatic heterocycles. The summed E-state index contributed by atoms with van der Waals surface area (Å²) < 4.78 is 0. The first-order valence-corrected chi connectivity index (χ1v) is 7.98. The molecule has 0 bridgehead atoms. The molecule has 116 valence electrons. The quantitative estimate of drug-likeness (QED) is 0.524. The van der Waals surface area contributed by atoms with Crippen LogP contribution in [0.5, 0.6) is 5.75 Å². The molecule has 0 amide bonds. The molecule has 0 aliphatic heterocycles. The lowest BCUT2D eigenvalue weighted by atomic mass is 9.91. The Balaban J connectivity index is 2.11. The number of pyridine rings is 1. The van der Waals surface area contributed by atoms with Crippen LogP contribution in [-0.2, 0) is 0 Å². The average Bonchev–Trinajstić information content (AvgIpc) is 2.64. The maximum Gasteiger partial charge on any atom is 0.126 e. The summed E-state index contributed by atoms with van der Waals surface area (Å²) in [6, 6.07) is 24.2. The fourth-order valence-corrected chi connectivity index (χ4v) is 3.14. The first-order chi connectivity index (χ1) is 11.8. The number of nitrogens with zero attached hydrogens (tertiary/aromatic N) is 1. The molecule has 3 aromatic carbocycles. The van der Waals surface area contributed by atoms with Crippen LogP contribution < -0.4 is 0 Å². The van der Waals surface area contributed by atoms with Crippen LogP contribution >= 0.6 is 0 Å². The molecule has 0 atom stereocenters. The molecule has 2 nitrogen and oxygen atoms in total. The van der Waals surface area contributed by atoms with Gasteiger partial charge in [0.05, 0.1) is 5.52 Å². The fourth-order valence-electron chi connectivity index (χ4n) is 3.14. The third-order valence-electron chi connectivity index (χ3n) is 4.37. The minimum Gasteiger partial charge on any atom is -0.507 e. The lowest BCUT2D eigenvalue weighted by Gasteiger charge is -2.15. The highest BCUT2D eigenvalue weighted by molar-refractivity contribution is 6.02. The van der Waals surface area contributed by atoms with Crippen molar-refractivity contribution in [2.45, 2.75) is 6.92 Å². The van der Waals surface area contributed by atoms with Gasteiger partial charge in [-0.15, -0.1) is 0 Å². The average molecular weight is 311 g/mol. The molecular formula is C22H17NO. The zero-order valence-electron chi connectivity index (χ0n) is 13.4. The predicted octanol–water partition coefficient (Wildman–Crippen LogP) is 5.58. The van der Waals surface area contributed by atoms with Crippen LogP contribution in [-0.4, -0.2) is 10.1 Å². The van der Waals surface area contributed by atoms with Crippen LogP contribution in [0.2, 0.25) is 0 Å². The molecular weight excluding hydrogens is 294 g/mol. The monoisotopic (exact) mass is 311 g/mol. The molecule has 1 heterocycles. The number of benzene rings is 3. The maximum atomic E-state index is 10.6. The molecule has 0 aliphatic rings. The number of para-hydroxylation sites is 2. The summed E-state index contributed by atoms with van der Waals surface area (Å²) in [5, 5.41) is 11.7. The van der Waals surface area contributed by atoms with Gasteiger partial charge in [0.1, 0.15) is 5.75 Å². The minimum absolute atomic E-state index is 0.312. The van der Waals surface area contributed by atoms with Gasteiger partial charge in [-0.2, -0.15) is 0 Å². The summed E-state index contributed by atoms with van der Waals surface area (Å²) in [5.41, 5.74) is 5.79. The zero-order valence-corrected chi connectivity index (χ0v) is 13.4. The molecule has 24 heavy (non-hydrogen) atoms. The summed E-state index contributed by atoms with van der Waals surface area (Å²) in [7, 11) is 0. The van der Waals surface area contributed by atoms with Gasteiger partial charge in [0.25, 0.3) is 0 Å². The Morgan fingerprint density at radius 3 is 2.33 bits per heavy atom. The van der Waals surface area contributed by atoms with Gasteiger partial charge in [0, 0.05) is 28.3 Å². The number of hydrogen-bond donors (Lipinski definition) is 1. The van der Waals surface area contributed by atoms with Gasteiger partial charge in [0.15, 0.2) is 0 Å². The molecule has 0 saturated carbocycles. The second-order valence-corrected chi connectivity index (χ2v) is 5.90. The lowest BCUT2D eigenvalue weighted by molar-refractivity contribution is 0.473. The standard InChI is InChI=1S/C22H17NO/c1-15-8-7-12-17(22(15)24)19-14-23-20-13-6-5-11-18(20)21(19)16-9-3-2-4-10-16/h2-14,24H,1H3. The van der Waals surface area contributed by atoms with E-state index in [1.165, 1.54) is 0 Å². The highest BCUT2D eigenvalue weighted by Gasteiger charge is 2.15. The summed E-state index contributed by atoms with van der Waals surface area (Å²) >= 11 is 0. The SMILES string of the molecule is Cc1cccc(-c2cnc3ccccc3c2-c2ccccc2)c1O. The molecule has 0 unspecified atom stereocenters. The van der Waals surface area contributed by atoms with Crippen LogP contribution in [0.3, 0.4) is 0 Å². The van der Waals surface area contributed by atoms with E-state index >= 15 is 0 Å². The van der Waals surface area contributed by atoms with Crippen molar-refractivity contribution in [1.82, 2.24) is 4.98 Å². The predicted molar refractivity (Wildman–Crippen MR) is 99.0 cm³/mol. The zero-order chi connectivity index (χ0) is 16.5. The lowest BCUT2D eigenvalue weighted by Crippen LogP contribution is -1.91. The van der Waals surface area contributed by atoms with Crippen LogP contribution in [0, 0.1) is 6.92 Å². The maximum absolute atomic E-state index is 10.6. The minimum atomic E-state index is 0.312. The molecule has 2 heteroatoms. The van der Waals surface area contributed by atoms with E-state index in [4.69, 9.17) is 0 Å². The van der Waals surface area contributed by atoms with E-state index in [1.807, 2.05) is 67.7 Å². The van der Waals surface area contributed by atoms with Crippen LogP contribution in [0.1, 0.15) is 5.56 Å². The van der Waals surface area contributed by atoms with Gasteiger partial charge in [-0.05, 0) is 24.1 Å². The second kappa shape index (κ2) is 5.82. The second-order valence-electron chi connectivity index (χ2n) is 5.90.